The third kappa shape index (κ3) is 47.6. The molecule has 4 N–H and O–H groups in total. The molecule has 0 saturated heterocycles. The number of hydrogen-bond acceptors (Lipinski definition) is 4. The van der Waals surface area contributed by atoms with Crippen LogP contribution in [0.1, 0.15) is 277 Å². The van der Waals surface area contributed by atoms with E-state index in [1.165, 1.54) is 212 Å². The zero-order valence-corrected chi connectivity index (χ0v) is 40.8. The monoisotopic (exact) mass is 856 g/mol. The molecular formula is C56H105NO4. The highest BCUT2D eigenvalue weighted by molar-refractivity contribution is 5.76. The molecule has 61 heavy (non-hydrogen) atoms. The predicted molar refractivity (Wildman–Crippen MR) is 268 cm³/mol. The number of allylic oxidation sites excluding steroid dienone is 7. The van der Waals surface area contributed by atoms with Crippen molar-refractivity contribution in [1.82, 2.24) is 5.32 Å². The van der Waals surface area contributed by atoms with Gasteiger partial charge in [-0.15, -0.1) is 0 Å². The van der Waals surface area contributed by atoms with Crippen LogP contribution in [0.15, 0.2) is 48.6 Å². The fourth-order valence-corrected chi connectivity index (χ4v) is 8.19. The molecule has 0 aliphatic rings. The lowest BCUT2D eigenvalue weighted by Crippen LogP contribution is -2.45. The first-order valence-corrected chi connectivity index (χ1v) is 26.9. The van der Waals surface area contributed by atoms with Gasteiger partial charge in [-0.1, -0.05) is 249 Å². The molecule has 3 unspecified atom stereocenters. The van der Waals surface area contributed by atoms with Crippen LogP contribution in [0.2, 0.25) is 0 Å². The maximum atomic E-state index is 12.5. The van der Waals surface area contributed by atoms with Gasteiger partial charge in [-0.2, -0.15) is 0 Å². The fourth-order valence-electron chi connectivity index (χ4n) is 8.19. The van der Waals surface area contributed by atoms with Gasteiger partial charge in [-0.3, -0.25) is 4.79 Å². The summed E-state index contributed by atoms with van der Waals surface area (Å²) < 4.78 is 0. The Morgan fingerprint density at radius 3 is 1.05 bits per heavy atom. The van der Waals surface area contributed by atoms with Gasteiger partial charge >= 0.3 is 0 Å². The summed E-state index contributed by atoms with van der Waals surface area (Å²) in [7, 11) is 0. The molecule has 0 radical (unpaired) electrons. The second-order valence-corrected chi connectivity index (χ2v) is 18.5. The predicted octanol–water partition coefficient (Wildman–Crippen LogP) is 16.4. The summed E-state index contributed by atoms with van der Waals surface area (Å²) in [5.74, 6) is -0.328. The van der Waals surface area contributed by atoms with Crippen molar-refractivity contribution in [3.8, 4) is 0 Å². The minimum atomic E-state index is -0.961. The number of amides is 1. The van der Waals surface area contributed by atoms with Crippen molar-refractivity contribution in [3.63, 3.8) is 0 Å². The number of nitrogens with one attached hydrogen (secondary N) is 1. The first kappa shape index (κ1) is 59.3. The summed E-state index contributed by atoms with van der Waals surface area (Å²) in [6, 6.07) is -0.768. The van der Waals surface area contributed by atoms with Crippen molar-refractivity contribution in [2.45, 2.75) is 295 Å². The highest BCUT2D eigenvalue weighted by atomic mass is 16.3. The van der Waals surface area contributed by atoms with E-state index in [1.54, 1.807) is 6.08 Å². The van der Waals surface area contributed by atoms with Gasteiger partial charge in [-0.05, 0) is 70.6 Å². The highest BCUT2D eigenvalue weighted by Crippen LogP contribution is 2.16. The number of unbranched alkanes of at least 4 members (excludes halogenated alkanes) is 34. The van der Waals surface area contributed by atoms with Crippen molar-refractivity contribution in [3.05, 3.63) is 48.6 Å². The summed E-state index contributed by atoms with van der Waals surface area (Å²) >= 11 is 0. The number of carbonyl (C=O) groups excluding carboxylic acids is 1. The molecule has 5 nitrogen and oxygen atoms in total. The molecule has 1 amide bonds. The van der Waals surface area contributed by atoms with E-state index < -0.39 is 18.2 Å². The van der Waals surface area contributed by atoms with Crippen LogP contribution in [0, 0.1) is 0 Å². The molecule has 3 atom stereocenters. The molecule has 0 aromatic heterocycles. The Hall–Kier alpha value is -1.69. The van der Waals surface area contributed by atoms with Gasteiger partial charge in [0.1, 0.15) is 0 Å². The number of carbonyl (C=O) groups is 1. The van der Waals surface area contributed by atoms with E-state index in [1.807, 2.05) is 6.08 Å². The Kier molecular flexibility index (Phi) is 49.5. The first-order chi connectivity index (χ1) is 30.0. The van der Waals surface area contributed by atoms with Crippen LogP contribution in [-0.4, -0.2) is 46.1 Å². The molecule has 0 rings (SSSR count). The normalized spacial score (nSPS) is 13.7. The number of aliphatic hydroxyl groups is 3. The average Bonchev–Trinajstić information content (AvgIpc) is 3.25. The molecule has 0 bridgehead atoms. The van der Waals surface area contributed by atoms with Crippen molar-refractivity contribution in [1.29, 1.82) is 0 Å². The maximum absolute atomic E-state index is 12.5. The van der Waals surface area contributed by atoms with E-state index in [9.17, 15) is 20.1 Å². The summed E-state index contributed by atoms with van der Waals surface area (Å²) in [6.45, 7) is 4.21. The largest absolute Gasteiger partial charge is 0.394 e. The van der Waals surface area contributed by atoms with E-state index in [-0.39, 0.29) is 18.9 Å². The Balaban J connectivity index is 3.61. The van der Waals surface area contributed by atoms with Crippen LogP contribution in [0.3, 0.4) is 0 Å². The lowest BCUT2D eigenvalue weighted by atomic mass is 10.0. The van der Waals surface area contributed by atoms with Crippen molar-refractivity contribution >= 4 is 5.91 Å². The molecular weight excluding hydrogens is 751 g/mol. The van der Waals surface area contributed by atoms with E-state index in [0.29, 0.717) is 6.42 Å². The maximum Gasteiger partial charge on any atom is 0.222 e. The van der Waals surface area contributed by atoms with Gasteiger partial charge in [0.2, 0.25) is 5.91 Å². The Morgan fingerprint density at radius 1 is 0.410 bits per heavy atom. The smallest absolute Gasteiger partial charge is 0.222 e. The number of aliphatic hydroxyl groups excluding tert-OH is 3. The van der Waals surface area contributed by atoms with Gasteiger partial charge in [0.15, 0.2) is 0 Å². The van der Waals surface area contributed by atoms with Crippen LogP contribution in [0.25, 0.3) is 0 Å². The zero-order valence-electron chi connectivity index (χ0n) is 40.8. The molecule has 0 fully saturated rings. The molecule has 0 heterocycles. The molecule has 358 valence electrons. The van der Waals surface area contributed by atoms with Crippen LogP contribution in [0.4, 0.5) is 0 Å². The van der Waals surface area contributed by atoms with E-state index in [4.69, 9.17) is 0 Å². The molecule has 0 aromatic rings. The molecule has 0 aliphatic heterocycles. The third-order valence-corrected chi connectivity index (χ3v) is 12.3. The minimum Gasteiger partial charge on any atom is -0.394 e. The molecule has 0 saturated carbocycles. The Bertz CT molecular complexity index is 989. The van der Waals surface area contributed by atoms with E-state index >= 15 is 0 Å². The lowest BCUT2D eigenvalue weighted by Gasteiger charge is -2.21. The minimum absolute atomic E-state index is 0.00230. The summed E-state index contributed by atoms with van der Waals surface area (Å²) in [6.07, 6.45) is 67.2. The van der Waals surface area contributed by atoms with Gasteiger partial charge in [-0.25, -0.2) is 0 Å². The van der Waals surface area contributed by atoms with Gasteiger partial charge in [0.05, 0.1) is 31.3 Å². The molecule has 0 spiro atoms. The van der Waals surface area contributed by atoms with Crippen LogP contribution in [-0.2, 0) is 4.79 Å². The van der Waals surface area contributed by atoms with Crippen LogP contribution < -0.4 is 5.32 Å². The Morgan fingerprint density at radius 2 is 0.705 bits per heavy atom. The van der Waals surface area contributed by atoms with Crippen molar-refractivity contribution in [2.24, 2.45) is 0 Å². The number of rotatable bonds is 49. The number of hydrogen-bond donors (Lipinski definition) is 4. The van der Waals surface area contributed by atoms with Gasteiger partial charge in [0, 0.05) is 0 Å². The topological polar surface area (TPSA) is 89.8 Å². The second kappa shape index (κ2) is 50.9. The SMILES string of the molecule is CCCCCCCCCC/C=C/CC/C=C/CC/C=C/C(O)C(CO)NC(=O)CC(O)CCCCCCCCCCCCCC/C=C\CCCCCCCCCCCCCC. The quantitative estimate of drug-likeness (QED) is 0.0362. The first-order valence-electron chi connectivity index (χ1n) is 26.9. The Labute approximate surface area is 380 Å². The van der Waals surface area contributed by atoms with Crippen molar-refractivity contribution in [2.75, 3.05) is 6.61 Å². The highest BCUT2D eigenvalue weighted by Gasteiger charge is 2.20. The average molecular weight is 856 g/mol. The van der Waals surface area contributed by atoms with Gasteiger partial charge in [0.25, 0.3) is 0 Å². The molecule has 0 aliphatic carbocycles. The van der Waals surface area contributed by atoms with Crippen molar-refractivity contribution < 1.29 is 20.1 Å². The standard InChI is InChI=1S/C56H105NO4/c1-3-5-7-9-11-13-15-17-19-21-23-24-25-26-27-28-29-30-31-32-33-35-37-39-41-43-45-47-49-53(59)51-56(61)57-54(52-58)55(60)50-48-46-44-42-40-38-36-34-22-20-18-16-14-12-10-8-6-4-2/h22,26-27,34,40,42,48,50,53-55,58-60H,3-21,23-25,28-33,35-39,41,43-47,49,51-52H2,1-2H3,(H,57,61)/b27-26-,34-22+,42-40+,50-48+. The molecule has 5 heteroatoms. The summed E-state index contributed by atoms with van der Waals surface area (Å²) in [5, 5.41) is 33.4. The van der Waals surface area contributed by atoms with Crippen LogP contribution in [0.5, 0.6) is 0 Å². The summed E-state index contributed by atoms with van der Waals surface area (Å²) in [5.41, 5.74) is 0. The van der Waals surface area contributed by atoms with Gasteiger partial charge < -0.3 is 20.6 Å². The second-order valence-electron chi connectivity index (χ2n) is 18.5. The van der Waals surface area contributed by atoms with E-state index in [2.05, 4.69) is 55.6 Å². The molecule has 0 aromatic carbocycles. The zero-order chi connectivity index (χ0) is 44.4. The summed E-state index contributed by atoms with van der Waals surface area (Å²) in [4.78, 5) is 12.5. The third-order valence-electron chi connectivity index (χ3n) is 12.3. The lowest BCUT2D eigenvalue weighted by molar-refractivity contribution is -0.124. The fraction of sp³-hybridized carbons (Fsp3) is 0.839. The van der Waals surface area contributed by atoms with E-state index in [0.717, 1.165) is 38.5 Å². The van der Waals surface area contributed by atoms with Crippen LogP contribution >= 0.6 is 0 Å².